The molecule has 0 aliphatic rings. The van der Waals surface area contributed by atoms with Gasteiger partial charge in [-0.3, -0.25) is 4.79 Å². The summed E-state index contributed by atoms with van der Waals surface area (Å²) in [5, 5.41) is 2.77. The second-order valence-electron chi connectivity index (χ2n) is 5.82. The molecule has 0 aliphatic heterocycles. The number of carbonyl (C=O) groups is 2. The average Bonchev–Trinajstić information content (AvgIpc) is 2.65. The Morgan fingerprint density at radius 2 is 1.73 bits per heavy atom. The lowest BCUT2D eigenvalue weighted by atomic mass is 10.1. The summed E-state index contributed by atoms with van der Waals surface area (Å²) < 4.78 is 5.28. The predicted molar refractivity (Wildman–Crippen MR) is 103 cm³/mol. The van der Waals surface area contributed by atoms with E-state index in [1.54, 1.807) is 48.5 Å². The van der Waals surface area contributed by atoms with Crippen LogP contribution in [-0.4, -0.2) is 43.0 Å². The number of nitrogen functional groups attached to an aromatic ring is 1. The molecule has 0 atom stereocenters. The van der Waals surface area contributed by atoms with Crippen LogP contribution in [0.2, 0.25) is 0 Å². The molecule has 0 heterocycles. The molecule has 1 amide bonds. The normalized spacial score (nSPS) is 10.6. The molecule has 0 unspecified atom stereocenters. The van der Waals surface area contributed by atoms with Crippen LogP contribution in [0.4, 0.5) is 11.4 Å². The van der Waals surface area contributed by atoms with Crippen molar-refractivity contribution >= 4 is 23.3 Å². The van der Waals surface area contributed by atoms with E-state index in [9.17, 15) is 9.59 Å². The number of esters is 1. The van der Waals surface area contributed by atoms with Crippen LogP contribution in [0.1, 0.15) is 34.6 Å². The molecule has 0 spiro atoms. The number of hydrogen-bond acceptors (Lipinski definition) is 5. The zero-order valence-corrected chi connectivity index (χ0v) is 15.2. The van der Waals surface area contributed by atoms with Crippen molar-refractivity contribution in [3.63, 3.8) is 0 Å². The van der Waals surface area contributed by atoms with Gasteiger partial charge in [0.15, 0.2) is 0 Å². The molecule has 0 radical (unpaired) electrons. The lowest BCUT2D eigenvalue weighted by molar-refractivity contribution is 0.0466. The first-order chi connectivity index (χ1) is 12.5. The minimum absolute atomic E-state index is 0.258. The van der Waals surface area contributed by atoms with E-state index in [0.717, 1.165) is 13.1 Å². The van der Waals surface area contributed by atoms with Gasteiger partial charge < -0.3 is 20.7 Å². The fourth-order valence-electron chi connectivity index (χ4n) is 2.46. The summed E-state index contributed by atoms with van der Waals surface area (Å²) >= 11 is 0. The van der Waals surface area contributed by atoms with Crippen LogP contribution < -0.4 is 11.1 Å². The Kier molecular flexibility index (Phi) is 7.17. The zero-order valence-electron chi connectivity index (χ0n) is 15.2. The Morgan fingerprint density at radius 1 is 1.04 bits per heavy atom. The van der Waals surface area contributed by atoms with Crippen molar-refractivity contribution in [1.82, 2.24) is 4.90 Å². The highest BCUT2D eigenvalue weighted by Gasteiger charge is 2.10. The summed E-state index contributed by atoms with van der Waals surface area (Å²) in [6.45, 7) is 7.07. The van der Waals surface area contributed by atoms with Crippen molar-refractivity contribution in [1.29, 1.82) is 0 Å². The predicted octanol–water partition coefficient (Wildman–Crippen LogP) is 3.02. The van der Waals surface area contributed by atoms with E-state index in [4.69, 9.17) is 10.5 Å². The standard InChI is InChI=1S/C20H25N3O3/c1-3-23(4-2)12-13-26-20(25)15-8-10-18(11-9-15)22-19(24)16-6-5-7-17(21)14-16/h5-11,14H,3-4,12-13,21H2,1-2H3,(H,22,24). The maximum Gasteiger partial charge on any atom is 0.338 e. The molecule has 0 saturated carbocycles. The number of amides is 1. The number of anilines is 2. The highest BCUT2D eigenvalue weighted by molar-refractivity contribution is 6.05. The van der Waals surface area contributed by atoms with E-state index in [-0.39, 0.29) is 11.9 Å². The number of carbonyl (C=O) groups excluding carboxylic acids is 2. The molecule has 3 N–H and O–H groups in total. The molecular weight excluding hydrogens is 330 g/mol. The van der Waals surface area contributed by atoms with Gasteiger partial charge in [0.2, 0.25) is 0 Å². The first kappa shape index (κ1) is 19.5. The maximum absolute atomic E-state index is 12.2. The molecule has 2 aromatic carbocycles. The molecule has 138 valence electrons. The van der Waals surface area contributed by atoms with Gasteiger partial charge in [-0.2, -0.15) is 0 Å². The quantitative estimate of drug-likeness (QED) is 0.562. The fourth-order valence-corrected chi connectivity index (χ4v) is 2.46. The summed E-state index contributed by atoms with van der Waals surface area (Å²) in [6.07, 6.45) is 0. The molecule has 6 nitrogen and oxygen atoms in total. The number of benzene rings is 2. The Morgan fingerprint density at radius 3 is 2.35 bits per heavy atom. The number of likely N-dealkylation sites (N-methyl/N-ethyl adjacent to an activating group) is 1. The number of ether oxygens (including phenoxy) is 1. The Balaban J connectivity index is 1.89. The number of nitrogens with zero attached hydrogens (tertiary/aromatic N) is 1. The van der Waals surface area contributed by atoms with E-state index in [1.165, 1.54) is 0 Å². The summed E-state index contributed by atoms with van der Waals surface area (Å²) in [6, 6.07) is 13.4. The Bertz CT molecular complexity index is 740. The van der Waals surface area contributed by atoms with Crippen LogP contribution in [0.5, 0.6) is 0 Å². The van der Waals surface area contributed by atoms with Crippen molar-refractivity contribution in [2.45, 2.75) is 13.8 Å². The number of nitrogens with two attached hydrogens (primary N) is 1. The number of hydrogen-bond donors (Lipinski definition) is 2. The van der Waals surface area contributed by atoms with E-state index >= 15 is 0 Å². The molecule has 0 fully saturated rings. The lowest BCUT2D eigenvalue weighted by Gasteiger charge is -2.17. The largest absolute Gasteiger partial charge is 0.461 e. The van der Waals surface area contributed by atoms with Gasteiger partial charge in [0.05, 0.1) is 5.56 Å². The van der Waals surface area contributed by atoms with Gasteiger partial charge >= 0.3 is 5.97 Å². The van der Waals surface area contributed by atoms with Gasteiger partial charge in [0, 0.05) is 23.5 Å². The minimum Gasteiger partial charge on any atom is -0.461 e. The van der Waals surface area contributed by atoms with Crippen LogP contribution in [0.3, 0.4) is 0 Å². The second kappa shape index (κ2) is 9.58. The SMILES string of the molecule is CCN(CC)CCOC(=O)c1ccc(NC(=O)c2cccc(N)c2)cc1. The molecule has 2 aromatic rings. The third-order valence-corrected chi connectivity index (χ3v) is 4.06. The number of rotatable bonds is 8. The van der Waals surface area contributed by atoms with Crippen LogP contribution in [0, 0.1) is 0 Å². The highest BCUT2D eigenvalue weighted by atomic mass is 16.5. The van der Waals surface area contributed by atoms with Crippen molar-refractivity contribution < 1.29 is 14.3 Å². The van der Waals surface area contributed by atoms with E-state index in [0.29, 0.717) is 35.7 Å². The molecule has 0 aliphatic carbocycles. The lowest BCUT2D eigenvalue weighted by Crippen LogP contribution is -2.27. The second-order valence-corrected chi connectivity index (χ2v) is 5.82. The minimum atomic E-state index is -0.370. The zero-order chi connectivity index (χ0) is 18.9. The van der Waals surface area contributed by atoms with E-state index in [2.05, 4.69) is 24.1 Å². The first-order valence-corrected chi connectivity index (χ1v) is 8.70. The molecular formula is C20H25N3O3. The monoisotopic (exact) mass is 355 g/mol. The third kappa shape index (κ3) is 5.60. The van der Waals surface area contributed by atoms with Crippen molar-refractivity contribution in [3.8, 4) is 0 Å². The fraction of sp³-hybridized carbons (Fsp3) is 0.300. The Hall–Kier alpha value is -2.86. The van der Waals surface area contributed by atoms with Crippen LogP contribution in [-0.2, 0) is 4.74 Å². The van der Waals surface area contributed by atoms with Gasteiger partial charge in [-0.15, -0.1) is 0 Å². The molecule has 0 saturated heterocycles. The van der Waals surface area contributed by atoms with Gasteiger partial charge in [-0.05, 0) is 55.6 Å². The molecule has 0 bridgehead atoms. The van der Waals surface area contributed by atoms with Gasteiger partial charge in [0.1, 0.15) is 6.61 Å². The Labute approximate surface area is 153 Å². The smallest absolute Gasteiger partial charge is 0.338 e. The van der Waals surface area contributed by atoms with Gasteiger partial charge in [0.25, 0.3) is 5.91 Å². The topological polar surface area (TPSA) is 84.7 Å². The summed E-state index contributed by atoms with van der Waals surface area (Å²) in [5.41, 5.74) is 7.73. The molecule has 2 rings (SSSR count). The van der Waals surface area contributed by atoms with Crippen LogP contribution in [0.15, 0.2) is 48.5 Å². The molecule has 26 heavy (non-hydrogen) atoms. The summed E-state index contributed by atoms with van der Waals surface area (Å²) in [4.78, 5) is 26.4. The van der Waals surface area contributed by atoms with Gasteiger partial charge in [-0.25, -0.2) is 4.79 Å². The van der Waals surface area contributed by atoms with Crippen molar-refractivity contribution in [2.75, 3.05) is 37.3 Å². The number of nitrogens with one attached hydrogen (secondary N) is 1. The van der Waals surface area contributed by atoms with Crippen LogP contribution in [0.25, 0.3) is 0 Å². The third-order valence-electron chi connectivity index (χ3n) is 4.06. The van der Waals surface area contributed by atoms with Crippen LogP contribution >= 0.6 is 0 Å². The first-order valence-electron chi connectivity index (χ1n) is 8.70. The molecule has 6 heteroatoms. The van der Waals surface area contributed by atoms with E-state index < -0.39 is 0 Å². The van der Waals surface area contributed by atoms with Gasteiger partial charge in [-0.1, -0.05) is 19.9 Å². The summed E-state index contributed by atoms with van der Waals surface area (Å²) in [5.74, 6) is -0.627. The summed E-state index contributed by atoms with van der Waals surface area (Å²) in [7, 11) is 0. The van der Waals surface area contributed by atoms with E-state index in [1.807, 2.05) is 0 Å². The average molecular weight is 355 g/mol. The maximum atomic E-state index is 12.2. The molecule has 0 aromatic heterocycles. The van der Waals surface area contributed by atoms with Crippen molar-refractivity contribution in [2.24, 2.45) is 0 Å². The van der Waals surface area contributed by atoms with Crippen molar-refractivity contribution in [3.05, 3.63) is 59.7 Å². The highest BCUT2D eigenvalue weighted by Crippen LogP contribution is 2.13.